The third-order valence-corrected chi connectivity index (χ3v) is 6.59. The standard InChI is InChI=1S/C18H23N2O3P/c1-14(2)15(3)11-18(12-19,13-20)17(24(21,22-4)23-5)16-9-7-6-8-10-16/h6-10,17H,11H2,1-5H3. The first-order valence-corrected chi connectivity index (χ1v) is 9.13. The van der Waals surface area contributed by atoms with Crippen LogP contribution in [0.25, 0.3) is 0 Å². The van der Waals surface area contributed by atoms with Gasteiger partial charge in [-0.25, -0.2) is 0 Å². The van der Waals surface area contributed by atoms with Crippen molar-refractivity contribution < 1.29 is 13.6 Å². The molecule has 0 radical (unpaired) electrons. The number of hydrogen-bond acceptors (Lipinski definition) is 5. The van der Waals surface area contributed by atoms with Gasteiger partial charge in [-0.15, -0.1) is 0 Å². The Morgan fingerprint density at radius 1 is 1.12 bits per heavy atom. The summed E-state index contributed by atoms with van der Waals surface area (Å²) in [7, 11) is -1.18. The van der Waals surface area contributed by atoms with Gasteiger partial charge in [-0.05, 0) is 26.3 Å². The highest BCUT2D eigenvalue weighted by molar-refractivity contribution is 7.54. The molecule has 128 valence electrons. The van der Waals surface area contributed by atoms with Crippen LogP contribution in [-0.2, 0) is 13.6 Å². The van der Waals surface area contributed by atoms with Crippen LogP contribution in [0.15, 0.2) is 41.5 Å². The van der Waals surface area contributed by atoms with E-state index in [0.717, 1.165) is 11.1 Å². The van der Waals surface area contributed by atoms with Crippen molar-refractivity contribution in [1.29, 1.82) is 10.5 Å². The van der Waals surface area contributed by atoms with Crippen molar-refractivity contribution in [3.63, 3.8) is 0 Å². The Labute approximate surface area is 144 Å². The van der Waals surface area contributed by atoms with Crippen LogP contribution in [0.3, 0.4) is 0 Å². The van der Waals surface area contributed by atoms with E-state index in [1.54, 1.807) is 24.3 Å². The van der Waals surface area contributed by atoms with E-state index in [1.165, 1.54) is 14.2 Å². The molecular weight excluding hydrogens is 323 g/mol. The van der Waals surface area contributed by atoms with Gasteiger partial charge >= 0.3 is 7.60 Å². The predicted molar refractivity (Wildman–Crippen MR) is 93.1 cm³/mol. The van der Waals surface area contributed by atoms with E-state index in [2.05, 4.69) is 12.1 Å². The Morgan fingerprint density at radius 2 is 1.62 bits per heavy atom. The molecule has 1 aromatic rings. The summed E-state index contributed by atoms with van der Waals surface area (Å²) in [6.07, 6.45) is 0.165. The summed E-state index contributed by atoms with van der Waals surface area (Å²) in [6, 6.07) is 13.0. The van der Waals surface area contributed by atoms with Crippen LogP contribution in [0.1, 0.15) is 38.4 Å². The molecular formula is C18H23N2O3P. The summed E-state index contributed by atoms with van der Waals surface area (Å²) in [5.41, 5.74) is -0.0802. The van der Waals surface area contributed by atoms with Gasteiger partial charge in [0.15, 0.2) is 5.41 Å². The lowest BCUT2D eigenvalue weighted by atomic mass is 9.78. The maximum absolute atomic E-state index is 13.2. The summed E-state index contributed by atoms with van der Waals surface area (Å²) >= 11 is 0. The van der Waals surface area contributed by atoms with Crippen LogP contribution in [0, 0.1) is 28.1 Å². The van der Waals surface area contributed by atoms with E-state index in [9.17, 15) is 15.1 Å². The average Bonchev–Trinajstić information content (AvgIpc) is 2.61. The van der Waals surface area contributed by atoms with E-state index in [-0.39, 0.29) is 6.42 Å². The summed E-state index contributed by atoms with van der Waals surface area (Å²) < 4.78 is 23.5. The van der Waals surface area contributed by atoms with Crippen LogP contribution in [0.2, 0.25) is 0 Å². The zero-order valence-corrected chi connectivity index (χ0v) is 15.6. The van der Waals surface area contributed by atoms with Crippen molar-refractivity contribution in [2.24, 2.45) is 5.41 Å². The second kappa shape index (κ2) is 8.27. The van der Waals surface area contributed by atoms with Gasteiger partial charge in [0.25, 0.3) is 0 Å². The highest BCUT2D eigenvalue weighted by atomic mass is 31.2. The lowest BCUT2D eigenvalue weighted by molar-refractivity contribution is 0.249. The van der Waals surface area contributed by atoms with Gasteiger partial charge in [0.05, 0.1) is 12.1 Å². The van der Waals surface area contributed by atoms with Gasteiger partial charge in [-0.3, -0.25) is 4.57 Å². The molecule has 0 N–H and O–H groups in total. The topological polar surface area (TPSA) is 83.1 Å². The normalized spacial score (nSPS) is 12.8. The molecule has 24 heavy (non-hydrogen) atoms. The number of benzene rings is 1. The number of nitrogens with zero attached hydrogens (tertiary/aromatic N) is 2. The molecule has 0 bridgehead atoms. The maximum Gasteiger partial charge on any atom is 0.340 e. The first-order chi connectivity index (χ1) is 11.3. The largest absolute Gasteiger partial charge is 0.340 e. The van der Waals surface area contributed by atoms with Crippen LogP contribution in [-0.4, -0.2) is 14.2 Å². The van der Waals surface area contributed by atoms with Crippen molar-refractivity contribution in [3.05, 3.63) is 47.0 Å². The third kappa shape index (κ3) is 3.94. The monoisotopic (exact) mass is 346 g/mol. The zero-order valence-electron chi connectivity index (χ0n) is 14.7. The van der Waals surface area contributed by atoms with Gasteiger partial charge in [0.2, 0.25) is 0 Å². The Balaban J connectivity index is 3.67. The summed E-state index contributed by atoms with van der Waals surface area (Å²) in [5.74, 6) is 0. The van der Waals surface area contributed by atoms with Crippen LogP contribution >= 0.6 is 7.60 Å². The Hall–Kier alpha value is -1.91. The second-order valence-corrected chi connectivity index (χ2v) is 8.20. The fourth-order valence-electron chi connectivity index (χ4n) is 2.58. The fourth-order valence-corrected chi connectivity index (χ4v) is 4.43. The molecule has 0 aliphatic carbocycles. The molecule has 0 spiro atoms. The average molecular weight is 346 g/mol. The lowest BCUT2D eigenvalue weighted by Crippen LogP contribution is -2.28. The molecule has 6 heteroatoms. The van der Waals surface area contributed by atoms with Gasteiger partial charge in [0, 0.05) is 20.6 Å². The van der Waals surface area contributed by atoms with Gasteiger partial charge in [-0.1, -0.05) is 41.5 Å². The van der Waals surface area contributed by atoms with Gasteiger partial charge < -0.3 is 9.05 Å². The molecule has 0 aromatic heterocycles. The van der Waals surface area contributed by atoms with Crippen LogP contribution in [0.5, 0.6) is 0 Å². The first kappa shape index (κ1) is 20.1. The molecule has 0 aliphatic heterocycles. The Morgan fingerprint density at radius 3 is 2.00 bits per heavy atom. The number of rotatable bonds is 7. The van der Waals surface area contributed by atoms with Crippen molar-refractivity contribution in [1.82, 2.24) is 0 Å². The zero-order chi connectivity index (χ0) is 18.4. The minimum absolute atomic E-state index is 0.165. The van der Waals surface area contributed by atoms with Gasteiger partial charge in [0.1, 0.15) is 5.66 Å². The second-order valence-electron chi connectivity index (χ2n) is 5.87. The number of nitriles is 2. The maximum atomic E-state index is 13.2. The molecule has 1 aromatic carbocycles. The summed E-state index contributed by atoms with van der Waals surface area (Å²) in [5, 5.41) is 19.7. The molecule has 0 heterocycles. The molecule has 1 rings (SSSR count). The first-order valence-electron chi connectivity index (χ1n) is 7.51. The number of allylic oxidation sites excluding steroid dienone is 2. The quantitative estimate of drug-likeness (QED) is 0.513. The summed E-state index contributed by atoms with van der Waals surface area (Å²) in [4.78, 5) is 0. The smallest absolute Gasteiger partial charge is 0.311 e. The molecule has 0 aliphatic rings. The van der Waals surface area contributed by atoms with Crippen molar-refractivity contribution in [2.75, 3.05) is 14.2 Å². The molecule has 0 saturated carbocycles. The van der Waals surface area contributed by atoms with E-state index in [4.69, 9.17) is 9.05 Å². The SMILES string of the molecule is COP(=O)(OC)C(c1ccccc1)C(C#N)(C#N)CC(C)=C(C)C. The van der Waals surface area contributed by atoms with E-state index >= 15 is 0 Å². The molecule has 0 saturated heterocycles. The molecule has 5 nitrogen and oxygen atoms in total. The molecule has 1 unspecified atom stereocenters. The Kier molecular flexibility index (Phi) is 6.93. The lowest BCUT2D eigenvalue weighted by Gasteiger charge is -2.33. The molecule has 0 fully saturated rings. The van der Waals surface area contributed by atoms with E-state index < -0.39 is 18.7 Å². The van der Waals surface area contributed by atoms with E-state index in [1.807, 2.05) is 26.8 Å². The summed E-state index contributed by atoms with van der Waals surface area (Å²) in [6.45, 7) is 5.70. The fraction of sp³-hybridized carbons (Fsp3) is 0.444. The van der Waals surface area contributed by atoms with Crippen LogP contribution < -0.4 is 0 Å². The van der Waals surface area contributed by atoms with Crippen molar-refractivity contribution in [3.8, 4) is 12.1 Å². The minimum Gasteiger partial charge on any atom is -0.311 e. The predicted octanol–water partition coefficient (Wildman–Crippen LogP) is 4.99. The van der Waals surface area contributed by atoms with Gasteiger partial charge in [-0.2, -0.15) is 10.5 Å². The van der Waals surface area contributed by atoms with Crippen molar-refractivity contribution in [2.45, 2.75) is 32.9 Å². The minimum atomic E-state index is -3.72. The highest BCUT2D eigenvalue weighted by Gasteiger charge is 2.52. The number of hydrogen-bond donors (Lipinski definition) is 0. The third-order valence-electron chi connectivity index (χ3n) is 4.20. The highest BCUT2D eigenvalue weighted by Crippen LogP contribution is 2.67. The molecule has 1 atom stereocenters. The van der Waals surface area contributed by atoms with E-state index in [0.29, 0.717) is 5.56 Å². The van der Waals surface area contributed by atoms with Crippen LogP contribution in [0.4, 0.5) is 0 Å². The molecule has 0 amide bonds. The Bertz CT molecular complexity index is 703. The van der Waals surface area contributed by atoms with Crippen molar-refractivity contribution >= 4 is 7.60 Å².